The van der Waals surface area contributed by atoms with Gasteiger partial charge in [0.25, 0.3) is 0 Å². The molecule has 0 saturated carbocycles. The minimum Gasteiger partial charge on any atom is -0.330 e. The number of hydrogen-bond acceptors (Lipinski definition) is 4. The molecule has 0 aliphatic rings. The van der Waals surface area contributed by atoms with E-state index in [-0.39, 0.29) is 4.90 Å². The Hall–Kier alpha value is -1.21. The van der Waals surface area contributed by atoms with E-state index in [0.717, 1.165) is 18.2 Å². The number of nitrogens with two attached hydrogens (primary N) is 1. The van der Waals surface area contributed by atoms with Crippen LogP contribution in [0.3, 0.4) is 0 Å². The van der Waals surface area contributed by atoms with Crippen molar-refractivity contribution in [3.63, 3.8) is 0 Å². The van der Waals surface area contributed by atoms with Gasteiger partial charge in [-0.2, -0.15) is 0 Å². The van der Waals surface area contributed by atoms with E-state index in [9.17, 15) is 8.42 Å². The number of aromatic nitrogens is 1. The summed E-state index contributed by atoms with van der Waals surface area (Å²) in [5.41, 5.74) is 6.04. The summed E-state index contributed by atoms with van der Waals surface area (Å²) in [7, 11) is -3.49. The van der Waals surface area contributed by atoms with Crippen molar-refractivity contribution in [2.75, 3.05) is 13.1 Å². The molecular formula is C13H16ClN3O2S. The minimum absolute atomic E-state index is 0.224. The second-order valence-corrected chi connectivity index (χ2v) is 6.54. The largest absolute Gasteiger partial charge is 0.330 e. The van der Waals surface area contributed by atoms with Gasteiger partial charge in [-0.1, -0.05) is 11.6 Å². The summed E-state index contributed by atoms with van der Waals surface area (Å²) in [5.74, 6) is 0. The molecule has 2 aromatic rings. The number of nitrogens with one attached hydrogen (secondary N) is 1. The zero-order chi connectivity index (χ0) is 14.6. The van der Waals surface area contributed by atoms with Gasteiger partial charge in [0.1, 0.15) is 5.15 Å². The second kappa shape index (κ2) is 6.49. The molecule has 2 rings (SSSR count). The van der Waals surface area contributed by atoms with E-state index in [1.807, 2.05) is 0 Å². The first-order valence-corrected chi connectivity index (χ1v) is 8.15. The number of rotatable bonds is 6. The van der Waals surface area contributed by atoms with Gasteiger partial charge in [0.2, 0.25) is 10.0 Å². The number of sulfonamides is 1. The Morgan fingerprint density at radius 1 is 1.20 bits per heavy atom. The molecule has 0 spiro atoms. The number of hydrogen-bond donors (Lipinski definition) is 2. The number of pyridine rings is 1. The molecule has 1 aromatic heterocycles. The molecule has 0 amide bonds. The van der Waals surface area contributed by atoms with Crippen LogP contribution < -0.4 is 10.5 Å². The first-order valence-electron chi connectivity index (χ1n) is 6.29. The Balaban J connectivity index is 2.21. The molecule has 108 valence electrons. The van der Waals surface area contributed by atoms with Crippen LogP contribution in [0.4, 0.5) is 0 Å². The zero-order valence-electron chi connectivity index (χ0n) is 10.8. The molecule has 20 heavy (non-hydrogen) atoms. The molecule has 7 heteroatoms. The summed E-state index contributed by atoms with van der Waals surface area (Å²) >= 11 is 5.79. The molecule has 5 nitrogen and oxygen atoms in total. The third-order valence-corrected chi connectivity index (χ3v) is 4.53. The van der Waals surface area contributed by atoms with Crippen LogP contribution in [0.15, 0.2) is 35.2 Å². The quantitative estimate of drug-likeness (QED) is 0.630. The van der Waals surface area contributed by atoms with E-state index in [1.54, 1.807) is 24.3 Å². The third-order valence-electron chi connectivity index (χ3n) is 2.86. The molecule has 0 aliphatic heterocycles. The molecular weight excluding hydrogens is 298 g/mol. The van der Waals surface area contributed by atoms with E-state index in [4.69, 9.17) is 17.3 Å². The second-order valence-electron chi connectivity index (χ2n) is 4.38. The van der Waals surface area contributed by atoms with Gasteiger partial charge in [-0.05, 0) is 49.7 Å². The van der Waals surface area contributed by atoms with Crippen LogP contribution in [0.5, 0.6) is 0 Å². The van der Waals surface area contributed by atoms with Crippen molar-refractivity contribution in [1.29, 1.82) is 0 Å². The van der Waals surface area contributed by atoms with Crippen LogP contribution in [0, 0.1) is 0 Å². The van der Waals surface area contributed by atoms with Crippen LogP contribution in [-0.4, -0.2) is 26.5 Å². The molecule has 0 atom stereocenters. The Bertz CT molecular complexity index is 704. The van der Waals surface area contributed by atoms with Crippen molar-refractivity contribution in [2.45, 2.75) is 17.7 Å². The maximum atomic E-state index is 12.1. The van der Waals surface area contributed by atoms with Crippen molar-refractivity contribution in [3.05, 3.63) is 35.5 Å². The van der Waals surface area contributed by atoms with Gasteiger partial charge in [0.05, 0.1) is 10.4 Å². The van der Waals surface area contributed by atoms with Gasteiger partial charge in [0.15, 0.2) is 0 Å². The maximum Gasteiger partial charge on any atom is 0.240 e. The SMILES string of the molecule is NCCCCNS(=O)(=O)c1ccc2nc(Cl)ccc2c1. The van der Waals surface area contributed by atoms with Gasteiger partial charge in [-0.3, -0.25) is 0 Å². The van der Waals surface area contributed by atoms with Crippen LogP contribution in [-0.2, 0) is 10.0 Å². The molecule has 0 fully saturated rings. The fourth-order valence-corrected chi connectivity index (χ4v) is 3.07. The van der Waals surface area contributed by atoms with Crippen LogP contribution >= 0.6 is 11.6 Å². The summed E-state index contributed by atoms with van der Waals surface area (Å²) in [6.07, 6.45) is 1.52. The Kier molecular flexibility index (Phi) is 4.93. The Morgan fingerprint density at radius 3 is 2.75 bits per heavy atom. The molecule has 0 radical (unpaired) electrons. The zero-order valence-corrected chi connectivity index (χ0v) is 12.4. The number of unbranched alkanes of at least 4 members (excludes halogenated alkanes) is 1. The summed E-state index contributed by atoms with van der Waals surface area (Å²) < 4.78 is 26.8. The average molecular weight is 314 g/mol. The lowest BCUT2D eigenvalue weighted by atomic mass is 10.2. The number of benzene rings is 1. The minimum atomic E-state index is -3.49. The first-order chi connectivity index (χ1) is 9.53. The fraction of sp³-hybridized carbons (Fsp3) is 0.308. The van der Waals surface area contributed by atoms with Gasteiger partial charge in [-0.25, -0.2) is 18.1 Å². The van der Waals surface area contributed by atoms with Crippen molar-refractivity contribution in [3.8, 4) is 0 Å². The van der Waals surface area contributed by atoms with E-state index in [1.165, 1.54) is 6.07 Å². The van der Waals surface area contributed by atoms with E-state index < -0.39 is 10.0 Å². The molecule has 0 aliphatic carbocycles. The predicted octanol–water partition coefficient (Wildman–Crippen LogP) is 1.91. The lowest BCUT2D eigenvalue weighted by Crippen LogP contribution is -2.25. The van der Waals surface area contributed by atoms with Crippen molar-refractivity contribution < 1.29 is 8.42 Å². The summed E-state index contributed by atoms with van der Waals surface area (Å²) in [5, 5.41) is 1.12. The van der Waals surface area contributed by atoms with Crippen molar-refractivity contribution in [2.24, 2.45) is 5.73 Å². The number of halogens is 1. The van der Waals surface area contributed by atoms with Gasteiger partial charge in [0, 0.05) is 11.9 Å². The highest BCUT2D eigenvalue weighted by molar-refractivity contribution is 7.89. The van der Waals surface area contributed by atoms with Gasteiger partial charge < -0.3 is 5.73 Å². The van der Waals surface area contributed by atoms with Crippen molar-refractivity contribution >= 4 is 32.5 Å². The summed E-state index contributed by atoms with van der Waals surface area (Å²) in [4.78, 5) is 4.35. The maximum absolute atomic E-state index is 12.1. The Morgan fingerprint density at radius 2 is 2.00 bits per heavy atom. The normalized spacial score (nSPS) is 11.9. The van der Waals surface area contributed by atoms with Crippen molar-refractivity contribution in [1.82, 2.24) is 9.71 Å². The molecule has 0 saturated heterocycles. The monoisotopic (exact) mass is 313 g/mol. The Labute approximate surface area is 123 Å². The summed E-state index contributed by atoms with van der Waals surface area (Å²) in [6, 6.07) is 8.14. The smallest absolute Gasteiger partial charge is 0.240 e. The van der Waals surface area contributed by atoms with E-state index in [0.29, 0.717) is 23.8 Å². The lowest BCUT2D eigenvalue weighted by molar-refractivity contribution is 0.577. The summed E-state index contributed by atoms with van der Waals surface area (Å²) in [6.45, 7) is 0.945. The first kappa shape index (κ1) is 15.2. The van der Waals surface area contributed by atoms with Gasteiger partial charge >= 0.3 is 0 Å². The molecule has 1 heterocycles. The van der Waals surface area contributed by atoms with Crippen LogP contribution in [0.25, 0.3) is 10.9 Å². The predicted molar refractivity (Wildman–Crippen MR) is 80.2 cm³/mol. The number of nitrogens with zero attached hydrogens (tertiary/aromatic N) is 1. The van der Waals surface area contributed by atoms with Gasteiger partial charge in [-0.15, -0.1) is 0 Å². The third kappa shape index (κ3) is 3.67. The molecule has 3 N–H and O–H groups in total. The van der Waals surface area contributed by atoms with Crippen LogP contribution in [0.2, 0.25) is 5.15 Å². The highest BCUT2D eigenvalue weighted by Crippen LogP contribution is 2.19. The highest BCUT2D eigenvalue weighted by Gasteiger charge is 2.13. The molecule has 0 unspecified atom stereocenters. The molecule has 0 bridgehead atoms. The molecule has 1 aromatic carbocycles. The standard InChI is InChI=1S/C13H16ClN3O2S/c14-13-6-3-10-9-11(4-5-12(10)17-13)20(18,19)16-8-2-1-7-15/h3-6,9,16H,1-2,7-8,15H2. The number of fused-ring (bicyclic) bond motifs is 1. The fourth-order valence-electron chi connectivity index (χ4n) is 1.81. The van der Waals surface area contributed by atoms with E-state index >= 15 is 0 Å². The lowest BCUT2D eigenvalue weighted by Gasteiger charge is -2.07. The van der Waals surface area contributed by atoms with Crippen LogP contribution in [0.1, 0.15) is 12.8 Å². The van der Waals surface area contributed by atoms with E-state index in [2.05, 4.69) is 9.71 Å². The average Bonchev–Trinajstić information content (AvgIpc) is 2.43. The highest BCUT2D eigenvalue weighted by atomic mass is 35.5. The topological polar surface area (TPSA) is 85.1 Å².